The maximum absolute atomic E-state index is 12.6. The first-order valence-electron chi connectivity index (χ1n) is 9.07. The number of methoxy groups -OCH3 is 1. The fourth-order valence-corrected chi connectivity index (χ4v) is 3.56. The second-order valence-electron chi connectivity index (χ2n) is 6.68. The van der Waals surface area contributed by atoms with Crippen LogP contribution in [0.1, 0.15) is 24.8 Å². The monoisotopic (exact) mass is 372 g/mol. The van der Waals surface area contributed by atoms with Gasteiger partial charge in [0.2, 0.25) is 5.91 Å². The number of halogens is 1. The molecule has 0 aliphatic carbocycles. The van der Waals surface area contributed by atoms with Gasteiger partial charge in [-0.05, 0) is 61.2 Å². The lowest BCUT2D eigenvalue weighted by Crippen LogP contribution is -2.45. The number of ether oxygens (including phenoxy) is 1. The van der Waals surface area contributed by atoms with Crippen LogP contribution in [0.25, 0.3) is 0 Å². The van der Waals surface area contributed by atoms with E-state index in [1.54, 1.807) is 7.11 Å². The van der Waals surface area contributed by atoms with E-state index in [-0.39, 0.29) is 11.9 Å². The standard InChI is InChI=1S/C21H25ClN2O2/c1-26-20-10-8-18(9-11-20)23-19-6-3-13-24(15-19)21(25)12-7-16-4-2-5-17(22)14-16/h2,4-5,8-11,14,19,23H,3,6-7,12-13,15H2,1H3/t19-/m0/s1. The number of amides is 1. The first-order valence-corrected chi connectivity index (χ1v) is 9.44. The summed E-state index contributed by atoms with van der Waals surface area (Å²) in [7, 11) is 1.66. The molecule has 1 aliphatic rings. The van der Waals surface area contributed by atoms with E-state index in [1.165, 1.54) is 0 Å². The van der Waals surface area contributed by atoms with Crippen LogP contribution >= 0.6 is 11.6 Å². The lowest BCUT2D eigenvalue weighted by molar-refractivity contribution is -0.132. The van der Waals surface area contributed by atoms with Crippen LogP contribution in [0.2, 0.25) is 5.02 Å². The van der Waals surface area contributed by atoms with Gasteiger partial charge >= 0.3 is 0 Å². The summed E-state index contributed by atoms with van der Waals surface area (Å²) in [6.45, 7) is 1.59. The van der Waals surface area contributed by atoms with Crippen molar-refractivity contribution < 1.29 is 9.53 Å². The van der Waals surface area contributed by atoms with E-state index in [0.29, 0.717) is 6.42 Å². The van der Waals surface area contributed by atoms with Crippen LogP contribution < -0.4 is 10.1 Å². The molecule has 4 nitrogen and oxygen atoms in total. The number of aryl methyl sites for hydroxylation is 1. The van der Waals surface area contributed by atoms with Crippen LogP contribution in [0.15, 0.2) is 48.5 Å². The number of carbonyl (C=O) groups excluding carboxylic acids is 1. The lowest BCUT2D eigenvalue weighted by atomic mass is 10.0. The molecule has 3 rings (SSSR count). The zero-order valence-electron chi connectivity index (χ0n) is 15.1. The Labute approximate surface area is 160 Å². The first kappa shape index (κ1) is 18.6. The fraction of sp³-hybridized carbons (Fsp3) is 0.381. The summed E-state index contributed by atoms with van der Waals surface area (Å²) < 4.78 is 5.19. The molecule has 0 aromatic heterocycles. The number of piperidine rings is 1. The van der Waals surface area contributed by atoms with Crippen molar-refractivity contribution in [3.63, 3.8) is 0 Å². The van der Waals surface area contributed by atoms with Crippen molar-refractivity contribution in [2.45, 2.75) is 31.7 Å². The predicted molar refractivity (Wildman–Crippen MR) is 106 cm³/mol. The van der Waals surface area contributed by atoms with Gasteiger partial charge < -0.3 is 15.0 Å². The Kier molecular flexibility index (Phi) is 6.40. The number of hydrogen-bond acceptors (Lipinski definition) is 3. The third kappa shape index (κ3) is 5.15. The second kappa shape index (κ2) is 8.95. The molecule has 0 radical (unpaired) electrons. The highest BCUT2D eigenvalue weighted by atomic mass is 35.5. The number of likely N-dealkylation sites (tertiary alicyclic amines) is 1. The topological polar surface area (TPSA) is 41.6 Å². The minimum atomic E-state index is 0.214. The van der Waals surface area contributed by atoms with E-state index in [9.17, 15) is 4.79 Å². The molecule has 5 heteroatoms. The molecule has 138 valence electrons. The van der Waals surface area contributed by atoms with Gasteiger partial charge in [-0.3, -0.25) is 4.79 Å². The molecule has 0 spiro atoms. The van der Waals surface area contributed by atoms with Gasteiger partial charge in [0, 0.05) is 36.3 Å². The average molecular weight is 373 g/mol. The molecule has 0 saturated carbocycles. The number of rotatable bonds is 6. The summed E-state index contributed by atoms with van der Waals surface area (Å²) in [4.78, 5) is 14.6. The second-order valence-corrected chi connectivity index (χ2v) is 7.12. The predicted octanol–water partition coefficient (Wildman–Crippen LogP) is 4.38. The van der Waals surface area contributed by atoms with Crippen LogP contribution in [0.5, 0.6) is 5.75 Å². The van der Waals surface area contributed by atoms with Gasteiger partial charge in [0.1, 0.15) is 5.75 Å². The molecule has 1 heterocycles. The summed E-state index contributed by atoms with van der Waals surface area (Å²) in [5.74, 6) is 1.06. The molecule has 0 bridgehead atoms. The average Bonchev–Trinajstić information content (AvgIpc) is 2.67. The number of hydrogen-bond donors (Lipinski definition) is 1. The van der Waals surface area contributed by atoms with Crippen molar-refractivity contribution in [3.8, 4) is 5.75 Å². The minimum Gasteiger partial charge on any atom is -0.497 e. The number of nitrogens with one attached hydrogen (secondary N) is 1. The highest BCUT2D eigenvalue weighted by Crippen LogP contribution is 2.20. The molecule has 26 heavy (non-hydrogen) atoms. The van der Waals surface area contributed by atoms with E-state index in [0.717, 1.165) is 54.4 Å². The fourth-order valence-electron chi connectivity index (χ4n) is 3.35. The summed E-state index contributed by atoms with van der Waals surface area (Å²) >= 11 is 6.01. The van der Waals surface area contributed by atoms with Crippen molar-refractivity contribution in [2.24, 2.45) is 0 Å². The number of benzene rings is 2. The Morgan fingerprint density at radius 3 is 2.81 bits per heavy atom. The zero-order chi connectivity index (χ0) is 18.4. The van der Waals surface area contributed by atoms with Crippen LogP contribution in [0.4, 0.5) is 5.69 Å². The minimum absolute atomic E-state index is 0.214. The van der Waals surface area contributed by atoms with Gasteiger partial charge in [0.25, 0.3) is 0 Å². The maximum atomic E-state index is 12.6. The first-order chi connectivity index (χ1) is 12.6. The van der Waals surface area contributed by atoms with E-state index >= 15 is 0 Å². The number of anilines is 1. The molecular formula is C21H25ClN2O2. The molecule has 2 aromatic carbocycles. The Hall–Kier alpha value is -2.20. The summed E-state index contributed by atoms with van der Waals surface area (Å²) in [5.41, 5.74) is 2.17. The third-order valence-corrected chi connectivity index (χ3v) is 4.99. The summed E-state index contributed by atoms with van der Waals surface area (Å²) in [6, 6.07) is 15.9. The Morgan fingerprint density at radius 2 is 2.08 bits per heavy atom. The highest BCUT2D eigenvalue weighted by Gasteiger charge is 2.23. The summed E-state index contributed by atoms with van der Waals surface area (Å²) in [5, 5.41) is 4.25. The molecule has 1 aliphatic heterocycles. The van der Waals surface area contributed by atoms with Gasteiger partial charge in [-0.25, -0.2) is 0 Å². The van der Waals surface area contributed by atoms with Gasteiger partial charge in [-0.1, -0.05) is 23.7 Å². The lowest BCUT2D eigenvalue weighted by Gasteiger charge is -2.34. The zero-order valence-corrected chi connectivity index (χ0v) is 15.8. The molecular weight excluding hydrogens is 348 g/mol. The van der Waals surface area contributed by atoms with Crippen LogP contribution in [-0.2, 0) is 11.2 Å². The molecule has 1 saturated heterocycles. The van der Waals surface area contributed by atoms with Gasteiger partial charge in [-0.15, -0.1) is 0 Å². The quantitative estimate of drug-likeness (QED) is 0.817. The van der Waals surface area contributed by atoms with Crippen LogP contribution in [0.3, 0.4) is 0 Å². The Morgan fingerprint density at radius 1 is 1.27 bits per heavy atom. The van der Waals surface area contributed by atoms with Crippen LogP contribution in [0, 0.1) is 0 Å². The van der Waals surface area contributed by atoms with E-state index < -0.39 is 0 Å². The third-order valence-electron chi connectivity index (χ3n) is 4.75. The van der Waals surface area contributed by atoms with Crippen molar-refractivity contribution in [2.75, 3.05) is 25.5 Å². The largest absolute Gasteiger partial charge is 0.497 e. The Bertz CT molecular complexity index is 733. The molecule has 1 atom stereocenters. The normalized spacial score (nSPS) is 17.0. The van der Waals surface area contributed by atoms with Crippen molar-refractivity contribution in [1.82, 2.24) is 4.90 Å². The molecule has 2 aromatic rings. The van der Waals surface area contributed by atoms with E-state index in [2.05, 4.69) is 5.32 Å². The summed E-state index contributed by atoms with van der Waals surface area (Å²) in [6.07, 6.45) is 3.35. The molecule has 0 unspecified atom stereocenters. The molecule has 1 fully saturated rings. The molecule has 1 N–H and O–H groups in total. The van der Waals surface area contributed by atoms with Crippen LogP contribution in [-0.4, -0.2) is 37.0 Å². The van der Waals surface area contributed by atoms with Crippen molar-refractivity contribution in [3.05, 3.63) is 59.1 Å². The van der Waals surface area contributed by atoms with Gasteiger partial charge in [-0.2, -0.15) is 0 Å². The SMILES string of the molecule is COc1ccc(N[C@H]2CCCN(C(=O)CCc3cccc(Cl)c3)C2)cc1. The maximum Gasteiger partial charge on any atom is 0.222 e. The Balaban J connectivity index is 1.51. The molecule has 1 amide bonds. The highest BCUT2D eigenvalue weighted by molar-refractivity contribution is 6.30. The van der Waals surface area contributed by atoms with E-state index in [4.69, 9.17) is 16.3 Å². The smallest absolute Gasteiger partial charge is 0.222 e. The van der Waals surface area contributed by atoms with Gasteiger partial charge in [0.15, 0.2) is 0 Å². The van der Waals surface area contributed by atoms with Crippen molar-refractivity contribution in [1.29, 1.82) is 0 Å². The number of nitrogens with zero attached hydrogens (tertiary/aromatic N) is 1. The van der Waals surface area contributed by atoms with E-state index in [1.807, 2.05) is 53.4 Å². The number of carbonyl (C=O) groups is 1. The van der Waals surface area contributed by atoms with Gasteiger partial charge in [0.05, 0.1) is 7.11 Å². The van der Waals surface area contributed by atoms with Crippen molar-refractivity contribution >= 4 is 23.2 Å².